The Hall–Kier alpha value is -1.95. The molecule has 19 heavy (non-hydrogen) atoms. The van der Waals surface area contributed by atoms with Crippen LogP contribution in [0.1, 0.15) is 27.9 Å². The topological polar surface area (TPSA) is 80.9 Å². The minimum Gasteiger partial charge on any atom is -0.399 e. The van der Waals surface area contributed by atoms with Crippen LogP contribution in [0, 0.1) is 0 Å². The van der Waals surface area contributed by atoms with Gasteiger partial charge in [-0.15, -0.1) is 5.10 Å². The lowest BCUT2D eigenvalue weighted by atomic mass is 10.1. The van der Waals surface area contributed by atoms with E-state index in [0.29, 0.717) is 11.4 Å². The van der Waals surface area contributed by atoms with Gasteiger partial charge in [0.15, 0.2) is 0 Å². The van der Waals surface area contributed by atoms with Gasteiger partial charge in [0.25, 0.3) is 5.91 Å². The van der Waals surface area contributed by atoms with Crippen LogP contribution in [0.5, 0.6) is 0 Å². The molecular formula is C13H16N4OS. The van der Waals surface area contributed by atoms with E-state index in [-0.39, 0.29) is 5.91 Å². The predicted molar refractivity (Wildman–Crippen MR) is 76.2 cm³/mol. The lowest BCUT2D eigenvalue weighted by Crippen LogP contribution is -2.25. The van der Waals surface area contributed by atoms with Gasteiger partial charge in [0.05, 0.1) is 5.69 Å². The van der Waals surface area contributed by atoms with Crippen molar-refractivity contribution in [2.24, 2.45) is 0 Å². The maximum Gasteiger partial charge on any atom is 0.264 e. The second-order valence-electron chi connectivity index (χ2n) is 4.15. The summed E-state index contributed by atoms with van der Waals surface area (Å²) in [5, 5.41) is 6.81. The number of nitrogens with two attached hydrogens (primary N) is 1. The summed E-state index contributed by atoms with van der Waals surface area (Å²) in [6.45, 7) is 2.55. The third kappa shape index (κ3) is 3.51. The number of benzene rings is 1. The van der Waals surface area contributed by atoms with E-state index in [9.17, 15) is 4.79 Å². The molecule has 100 valence electrons. The van der Waals surface area contributed by atoms with Crippen LogP contribution in [0.15, 0.2) is 24.3 Å². The van der Waals surface area contributed by atoms with Crippen LogP contribution in [-0.4, -0.2) is 22.0 Å². The zero-order chi connectivity index (χ0) is 13.7. The van der Waals surface area contributed by atoms with Crippen LogP contribution in [0.2, 0.25) is 0 Å². The van der Waals surface area contributed by atoms with Crippen molar-refractivity contribution in [3.05, 3.63) is 40.4 Å². The smallest absolute Gasteiger partial charge is 0.264 e. The molecule has 1 aromatic carbocycles. The average molecular weight is 276 g/mol. The van der Waals surface area contributed by atoms with E-state index in [1.807, 2.05) is 31.2 Å². The molecule has 2 rings (SSSR count). The fourth-order valence-electron chi connectivity index (χ4n) is 1.70. The highest BCUT2D eigenvalue weighted by Gasteiger charge is 2.13. The maximum absolute atomic E-state index is 11.9. The Bertz CT molecular complexity index is 550. The molecule has 2 aromatic rings. The Morgan fingerprint density at radius 1 is 1.37 bits per heavy atom. The molecule has 1 heterocycles. The number of aryl methyl sites for hydroxylation is 1. The fraction of sp³-hybridized carbons (Fsp3) is 0.308. The highest BCUT2D eigenvalue weighted by Crippen LogP contribution is 2.11. The van der Waals surface area contributed by atoms with Crippen molar-refractivity contribution in [3.63, 3.8) is 0 Å². The highest BCUT2D eigenvalue weighted by atomic mass is 32.1. The van der Waals surface area contributed by atoms with Crippen molar-refractivity contribution in [3.8, 4) is 0 Å². The molecule has 0 spiro atoms. The Labute approximate surface area is 116 Å². The highest BCUT2D eigenvalue weighted by molar-refractivity contribution is 7.08. The van der Waals surface area contributed by atoms with Crippen LogP contribution < -0.4 is 11.1 Å². The first-order valence-electron chi connectivity index (χ1n) is 6.14. The number of carbonyl (C=O) groups is 1. The number of hydrogen-bond acceptors (Lipinski definition) is 5. The molecule has 1 aromatic heterocycles. The van der Waals surface area contributed by atoms with Gasteiger partial charge in [-0.25, -0.2) is 0 Å². The minimum atomic E-state index is -0.0951. The van der Waals surface area contributed by atoms with Crippen molar-refractivity contribution >= 4 is 23.1 Å². The first-order valence-corrected chi connectivity index (χ1v) is 6.92. The fourth-order valence-corrected chi connectivity index (χ4v) is 2.36. The third-order valence-corrected chi connectivity index (χ3v) is 3.54. The number of nitrogens with one attached hydrogen (secondary N) is 1. The third-order valence-electron chi connectivity index (χ3n) is 2.78. The van der Waals surface area contributed by atoms with Crippen molar-refractivity contribution in [2.45, 2.75) is 19.8 Å². The molecule has 1 amide bonds. The molecule has 0 aliphatic rings. The molecule has 5 nitrogen and oxygen atoms in total. The molecule has 0 atom stereocenters. The number of hydrogen-bond donors (Lipinski definition) is 2. The van der Waals surface area contributed by atoms with Crippen LogP contribution >= 0.6 is 11.5 Å². The number of nitrogens with zero attached hydrogens (tertiary/aromatic N) is 2. The molecule has 3 N–H and O–H groups in total. The Balaban J connectivity index is 1.86. The summed E-state index contributed by atoms with van der Waals surface area (Å²) in [5.74, 6) is -0.0951. The molecule has 0 unspecified atom stereocenters. The SMILES string of the molecule is CCc1nnsc1C(=O)NCCc1ccc(N)cc1. The summed E-state index contributed by atoms with van der Waals surface area (Å²) in [6.07, 6.45) is 1.50. The number of nitrogen functional groups attached to an aromatic ring is 1. The predicted octanol–water partition coefficient (Wildman–Crippen LogP) is 1.66. The van der Waals surface area contributed by atoms with Crippen LogP contribution in [0.4, 0.5) is 5.69 Å². The molecule has 0 radical (unpaired) electrons. The number of rotatable bonds is 5. The Kier molecular flexibility index (Phi) is 4.46. The second-order valence-corrected chi connectivity index (χ2v) is 4.90. The van der Waals surface area contributed by atoms with E-state index >= 15 is 0 Å². The number of anilines is 1. The zero-order valence-corrected chi connectivity index (χ0v) is 11.5. The molecular weight excluding hydrogens is 260 g/mol. The van der Waals surface area contributed by atoms with Gasteiger partial charge in [-0.1, -0.05) is 23.5 Å². The van der Waals surface area contributed by atoms with Crippen molar-refractivity contribution < 1.29 is 4.79 Å². The van der Waals surface area contributed by atoms with Crippen molar-refractivity contribution in [2.75, 3.05) is 12.3 Å². The van der Waals surface area contributed by atoms with E-state index in [2.05, 4.69) is 14.9 Å². The monoisotopic (exact) mass is 276 g/mol. The Morgan fingerprint density at radius 3 is 2.79 bits per heavy atom. The van der Waals surface area contributed by atoms with Crippen LogP contribution in [0.3, 0.4) is 0 Å². The summed E-state index contributed by atoms with van der Waals surface area (Å²) >= 11 is 1.14. The molecule has 0 saturated heterocycles. The first-order chi connectivity index (χ1) is 9.20. The van der Waals surface area contributed by atoms with Gasteiger partial charge < -0.3 is 11.1 Å². The summed E-state index contributed by atoms with van der Waals surface area (Å²) in [6, 6.07) is 7.65. The molecule has 0 aliphatic carbocycles. The minimum absolute atomic E-state index is 0.0951. The van der Waals surface area contributed by atoms with E-state index in [0.717, 1.165) is 41.3 Å². The summed E-state index contributed by atoms with van der Waals surface area (Å²) in [4.78, 5) is 12.5. The largest absolute Gasteiger partial charge is 0.399 e. The first kappa shape index (κ1) is 13.5. The van der Waals surface area contributed by atoms with Gasteiger partial charge in [-0.3, -0.25) is 4.79 Å². The van der Waals surface area contributed by atoms with Gasteiger partial charge in [0.2, 0.25) is 0 Å². The molecule has 6 heteroatoms. The molecule has 0 fully saturated rings. The quantitative estimate of drug-likeness (QED) is 0.814. The standard InChI is InChI=1S/C13H16N4OS/c1-2-11-12(19-17-16-11)13(18)15-8-7-9-3-5-10(14)6-4-9/h3-6H,2,7-8,14H2,1H3,(H,15,18). The van der Waals surface area contributed by atoms with Gasteiger partial charge in [-0.2, -0.15) is 0 Å². The van der Waals surface area contributed by atoms with E-state index in [1.54, 1.807) is 0 Å². The summed E-state index contributed by atoms with van der Waals surface area (Å²) in [7, 11) is 0. The molecule has 0 bridgehead atoms. The number of amides is 1. The Morgan fingerprint density at radius 2 is 2.11 bits per heavy atom. The lowest BCUT2D eigenvalue weighted by Gasteiger charge is -2.04. The van der Waals surface area contributed by atoms with Crippen LogP contribution in [-0.2, 0) is 12.8 Å². The maximum atomic E-state index is 11.9. The van der Waals surface area contributed by atoms with E-state index in [4.69, 9.17) is 5.73 Å². The summed E-state index contributed by atoms with van der Waals surface area (Å²) in [5.41, 5.74) is 8.27. The zero-order valence-electron chi connectivity index (χ0n) is 10.7. The second kappa shape index (κ2) is 6.29. The van der Waals surface area contributed by atoms with Gasteiger partial charge in [0, 0.05) is 12.2 Å². The summed E-state index contributed by atoms with van der Waals surface area (Å²) < 4.78 is 3.81. The molecule has 0 aliphatic heterocycles. The van der Waals surface area contributed by atoms with Crippen LogP contribution in [0.25, 0.3) is 0 Å². The normalized spacial score (nSPS) is 10.4. The van der Waals surface area contributed by atoms with E-state index in [1.165, 1.54) is 0 Å². The van der Waals surface area contributed by atoms with Crippen molar-refractivity contribution in [1.29, 1.82) is 0 Å². The van der Waals surface area contributed by atoms with Gasteiger partial charge in [-0.05, 0) is 42.1 Å². The number of carbonyl (C=O) groups excluding carboxylic acids is 1. The molecule has 0 saturated carbocycles. The van der Waals surface area contributed by atoms with Gasteiger partial charge >= 0.3 is 0 Å². The van der Waals surface area contributed by atoms with E-state index < -0.39 is 0 Å². The van der Waals surface area contributed by atoms with Crippen molar-refractivity contribution in [1.82, 2.24) is 14.9 Å². The lowest BCUT2D eigenvalue weighted by molar-refractivity contribution is 0.0957. The van der Waals surface area contributed by atoms with Gasteiger partial charge in [0.1, 0.15) is 4.88 Å². The number of aromatic nitrogens is 2. The average Bonchev–Trinajstić information content (AvgIpc) is 2.89.